The molecule has 2 rings (SSSR count). The van der Waals surface area contributed by atoms with E-state index in [0.717, 1.165) is 35.7 Å². The van der Waals surface area contributed by atoms with Gasteiger partial charge in [-0.2, -0.15) is 0 Å². The van der Waals surface area contributed by atoms with Crippen LogP contribution in [-0.2, 0) is 10.2 Å². The van der Waals surface area contributed by atoms with Crippen LogP contribution in [0.4, 0.5) is 4.39 Å². The summed E-state index contributed by atoms with van der Waals surface area (Å²) < 4.78 is 13.5. The zero-order valence-corrected chi connectivity index (χ0v) is 12.9. The largest absolute Gasteiger partial charge is 0.361 e. The summed E-state index contributed by atoms with van der Waals surface area (Å²) >= 11 is 0. The average molecular weight is 290 g/mol. The van der Waals surface area contributed by atoms with E-state index in [0.29, 0.717) is 6.54 Å². The van der Waals surface area contributed by atoms with E-state index in [9.17, 15) is 9.18 Å². The molecule has 0 bridgehead atoms. The Kier molecular flexibility index (Phi) is 4.66. The van der Waals surface area contributed by atoms with Gasteiger partial charge in [-0.25, -0.2) is 4.39 Å². The highest BCUT2D eigenvalue weighted by molar-refractivity contribution is 5.94. The predicted molar refractivity (Wildman–Crippen MR) is 83.8 cm³/mol. The third-order valence-corrected chi connectivity index (χ3v) is 3.95. The summed E-state index contributed by atoms with van der Waals surface area (Å²) in [5.74, 6) is -0.314. The summed E-state index contributed by atoms with van der Waals surface area (Å²) in [6.45, 7) is 6.56. The smallest absolute Gasteiger partial charge is 0.230 e. The van der Waals surface area contributed by atoms with Crippen molar-refractivity contribution in [1.82, 2.24) is 10.3 Å². The monoisotopic (exact) mass is 290 g/mol. The number of H-pyrrole nitrogens is 1. The summed E-state index contributed by atoms with van der Waals surface area (Å²) in [4.78, 5) is 15.5. The molecular weight excluding hydrogens is 267 g/mol. The van der Waals surface area contributed by atoms with Crippen LogP contribution in [-0.4, -0.2) is 17.4 Å². The molecule has 114 valence electrons. The molecule has 3 nitrogen and oxygen atoms in total. The lowest BCUT2D eigenvalue weighted by atomic mass is 9.83. The van der Waals surface area contributed by atoms with Crippen LogP contribution >= 0.6 is 0 Å². The highest BCUT2D eigenvalue weighted by Gasteiger charge is 2.31. The molecule has 0 aliphatic heterocycles. The second kappa shape index (κ2) is 6.29. The number of unbranched alkanes of at least 4 members (excludes halogenated alkanes) is 2. The summed E-state index contributed by atoms with van der Waals surface area (Å²) in [6, 6.07) is 4.59. The number of hydrogen-bond donors (Lipinski definition) is 2. The van der Waals surface area contributed by atoms with E-state index in [1.165, 1.54) is 12.1 Å². The highest BCUT2D eigenvalue weighted by Crippen LogP contribution is 2.31. The molecule has 0 spiro atoms. The number of halogens is 1. The molecule has 0 fully saturated rings. The van der Waals surface area contributed by atoms with Crippen molar-refractivity contribution in [3.63, 3.8) is 0 Å². The van der Waals surface area contributed by atoms with Crippen LogP contribution < -0.4 is 5.32 Å². The lowest BCUT2D eigenvalue weighted by Crippen LogP contribution is -2.40. The molecule has 1 aromatic heterocycles. The van der Waals surface area contributed by atoms with Crippen LogP contribution in [0.5, 0.6) is 0 Å². The van der Waals surface area contributed by atoms with E-state index >= 15 is 0 Å². The van der Waals surface area contributed by atoms with Gasteiger partial charge in [0.1, 0.15) is 5.82 Å². The first-order valence-electron chi connectivity index (χ1n) is 7.52. The fraction of sp³-hybridized carbons (Fsp3) is 0.471. The first kappa shape index (κ1) is 15.5. The topological polar surface area (TPSA) is 44.9 Å². The lowest BCUT2D eigenvalue weighted by molar-refractivity contribution is -0.125. The summed E-state index contributed by atoms with van der Waals surface area (Å²) in [5, 5.41) is 3.75. The zero-order valence-electron chi connectivity index (χ0n) is 12.9. The van der Waals surface area contributed by atoms with Crippen molar-refractivity contribution in [2.24, 2.45) is 0 Å². The number of carbonyl (C=O) groups is 1. The first-order chi connectivity index (χ1) is 9.96. The van der Waals surface area contributed by atoms with Gasteiger partial charge >= 0.3 is 0 Å². The molecule has 0 aliphatic carbocycles. The van der Waals surface area contributed by atoms with Crippen LogP contribution in [0.3, 0.4) is 0 Å². The van der Waals surface area contributed by atoms with E-state index in [1.807, 2.05) is 13.8 Å². The number of benzene rings is 1. The number of aromatic amines is 1. The van der Waals surface area contributed by atoms with Crippen molar-refractivity contribution in [3.8, 4) is 0 Å². The Morgan fingerprint density at radius 2 is 2.10 bits per heavy atom. The maximum atomic E-state index is 13.5. The van der Waals surface area contributed by atoms with E-state index in [4.69, 9.17) is 0 Å². The molecule has 1 aromatic carbocycles. The SMILES string of the molecule is CCCCCNC(=O)C(C)(C)c1c[nH]c2ccc(F)cc12. The van der Waals surface area contributed by atoms with E-state index in [2.05, 4.69) is 17.2 Å². The van der Waals surface area contributed by atoms with Crippen molar-refractivity contribution in [2.45, 2.75) is 45.4 Å². The molecule has 21 heavy (non-hydrogen) atoms. The number of hydrogen-bond acceptors (Lipinski definition) is 1. The van der Waals surface area contributed by atoms with Gasteiger partial charge < -0.3 is 10.3 Å². The fourth-order valence-corrected chi connectivity index (χ4v) is 2.53. The van der Waals surface area contributed by atoms with Gasteiger partial charge in [0.05, 0.1) is 5.41 Å². The van der Waals surface area contributed by atoms with Gasteiger partial charge in [0.25, 0.3) is 0 Å². The Hall–Kier alpha value is -1.84. The van der Waals surface area contributed by atoms with E-state index < -0.39 is 5.41 Å². The molecule has 4 heteroatoms. The molecule has 0 aliphatic rings. The quantitative estimate of drug-likeness (QED) is 0.779. The Labute approximate surface area is 124 Å². The number of rotatable bonds is 6. The van der Waals surface area contributed by atoms with Crippen LogP contribution in [0, 0.1) is 5.82 Å². The van der Waals surface area contributed by atoms with Crippen LogP contribution in [0.15, 0.2) is 24.4 Å². The second-order valence-corrected chi connectivity index (χ2v) is 5.98. The van der Waals surface area contributed by atoms with Gasteiger partial charge in [0.2, 0.25) is 5.91 Å². The van der Waals surface area contributed by atoms with Crippen molar-refractivity contribution in [2.75, 3.05) is 6.54 Å². The Morgan fingerprint density at radius 1 is 1.33 bits per heavy atom. The third kappa shape index (κ3) is 3.26. The van der Waals surface area contributed by atoms with Crippen molar-refractivity contribution in [1.29, 1.82) is 0 Å². The highest BCUT2D eigenvalue weighted by atomic mass is 19.1. The number of fused-ring (bicyclic) bond motifs is 1. The van der Waals surface area contributed by atoms with Crippen LogP contribution in [0.1, 0.15) is 45.6 Å². The van der Waals surface area contributed by atoms with Gasteiger partial charge in [-0.05, 0) is 44.0 Å². The Balaban J connectivity index is 2.20. The molecule has 0 radical (unpaired) electrons. The second-order valence-electron chi connectivity index (χ2n) is 5.98. The van der Waals surface area contributed by atoms with Gasteiger partial charge in [-0.3, -0.25) is 4.79 Å². The molecule has 1 heterocycles. The first-order valence-corrected chi connectivity index (χ1v) is 7.52. The summed E-state index contributed by atoms with van der Waals surface area (Å²) in [5.41, 5.74) is 0.974. The Morgan fingerprint density at radius 3 is 2.81 bits per heavy atom. The van der Waals surface area contributed by atoms with Crippen LogP contribution in [0.25, 0.3) is 10.9 Å². The van der Waals surface area contributed by atoms with Gasteiger partial charge in [-0.15, -0.1) is 0 Å². The maximum Gasteiger partial charge on any atom is 0.230 e. The van der Waals surface area contributed by atoms with Crippen molar-refractivity contribution in [3.05, 3.63) is 35.8 Å². The van der Waals surface area contributed by atoms with Gasteiger partial charge in [-0.1, -0.05) is 19.8 Å². The predicted octanol–water partition coefficient (Wildman–Crippen LogP) is 3.89. The third-order valence-electron chi connectivity index (χ3n) is 3.95. The number of aromatic nitrogens is 1. The van der Waals surface area contributed by atoms with Crippen LogP contribution in [0.2, 0.25) is 0 Å². The number of amides is 1. The van der Waals surface area contributed by atoms with Crippen molar-refractivity contribution < 1.29 is 9.18 Å². The summed E-state index contributed by atoms with van der Waals surface area (Å²) in [7, 11) is 0. The van der Waals surface area contributed by atoms with Crippen molar-refractivity contribution >= 4 is 16.8 Å². The molecule has 0 saturated carbocycles. The fourth-order valence-electron chi connectivity index (χ4n) is 2.53. The minimum absolute atomic E-state index is 0.0243. The molecule has 2 N–H and O–H groups in total. The molecular formula is C17H23FN2O. The standard InChI is InChI=1S/C17H23FN2O/c1-4-5-6-9-19-16(21)17(2,3)14-11-20-15-8-7-12(18)10-13(14)15/h7-8,10-11,20H,4-6,9H2,1-3H3,(H,19,21). The number of nitrogens with one attached hydrogen (secondary N) is 2. The Bertz CT molecular complexity index is 631. The van der Waals surface area contributed by atoms with Gasteiger partial charge in [0.15, 0.2) is 0 Å². The van der Waals surface area contributed by atoms with E-state index in [-0.39, 0.29) is 11.7 Å². The summed E-state index contributed by atoms with van der Waals surface area (Å²) in [6.07, 6.45) is 5.02. The normalized spacial score (nSPS) is 11.8. The number of carbonyl (C=O) groups excluding carboxylic acids is 1. The molecule has 2 aromatic rings. The molecule has 1 amide bonds. The minimum atomic E-state index is -0.696. The molecule has 0 atom stereocenters. The molecule has 0 unspecified atom stereocenters. The molecule has 0 saturated heterocycles. The lowest BCUT2D eigenvalue weighted by Gasteiger charge is -2.23. The zero-order chi connectivity index (χ0) is 15.5. The average Bonchev–Trinajstić information content (AvgIpc) is 2.86. The minimum Gasteiger partial charge on any atom is -0.361 e. The van der Waals surface area contributed by atoms with Gasteiger partial charge in [0, 0.05) is 23.6 Å². The maximum absolute atomic E-state index is 13.5. The van der Waals surface area contributed by atoms with E-state index in [1.54, 1.807) is 12.3 Å².